The van der Waals surface area contributed by atoms with Crippen molar-refractivity contribution in [1.29, 1.82) is 0 Å². The van der Waals surface area contributed by atoms with Crippen molar-refractivity contribution in [2.75, 3.05) is 0 Å². The molecule has 0 unspecified atom stereocenters. The van der Waals surface area contributed by atoms with Gasteiger partial charge in [-0.2, -0.15) is 0 Å². The molecule has 0 fully saturated rings. The summed E-state index contributed by atoms with van der Waals surface area (Å²) in [6.07, 6.45) is 1.24. The number of aromatic nitrogens is 2. The van der Waals surface area contributed by atoms with Gasteiger partial charge in [-0.3, -0.25) is 0 Å². The number of aromatic carboxylic acids is 1. The number of hydrogen-bond donors (Lipinski definition) is 2. The lowest BCUT2D eigenvalue weighted by atomic mass is 9.98. The Labute approximate surface area is 133 Å². The normalized spacial score (nSPS) is 12.0. The van der Waals surface area contributed by atoms with E-state index in [0.717, 1.165) is 11.1 Å². The number of carboxylic acid groups (broad SMARTS) is 1. The molecule has 0 saturated carbocycles. The first-order valence-corrected chi connectivity index (χ1v) is 7.49. The maximum atomic E-state index is 11.4. The third-order valence-corrected chi connectivity index (χ3v) is 3.81. The Kier molecular flexibility index (Phi) is 3.74. The number of benzene rings is 2. The topological polar surface area (TPSA) is 83.3 Å². The molecule has 0 aliphatic carbocycles. The van der Waals surface area contributed by atoms with E-state index in [9.17, 15) is 15.0 Å². The minimum Gasteiger partial charge on any atom is -0.478 e. The van der Waals surface area contributed by atoms with Gasteiger partial charge in [0.2, 0.25) is 0 Å². The van der Waals surface area contributed by atoms with Crippen LogP contribution in [-0.2, 0) is 6.42 Å². The minimum absolute atomic E-state index is 0.147. The second-order valence-corrected chi connectivity index (χ2v) is 6.30. The zero-order valence-corrected chi connectivity index (χ0v) is 13.1. The average molecular weight is 310 g/mol. The lowest BCUT2D eigenvalue weighted by Gasteiger charge is -2.17. The van der Waals surface area contributed by atoms with Gasteiger partial charge in [0.25, 0.3) is 0 Å². The number of fused-ring (bicyclic) bond motifs is 2. The molecule has 0 aliphatic rings. The first-order valence-electron chi connectivity index (χ1n) is 7.49. The van der Waals surface area contributed by atoms with Crippen LogP contribution in [0.15, 0.2) is 36.4 Å². The standard InChI is InChI=1S/C18H18N2O3/c1-18(2,23)10-9-11-5-3-7-13-15(11)20-16-12(17(21)22)6-4-8-14(16)19-13/h3-8,23H,9-10H2,1-2H3,(H,21,22). The smallest absolute Gasteiger partial charge is 0.337 e. The molecule has 2 aromatic carbocycles. The predicted molar refractivity (Wildman–Crippen MR) is 88.6 cm³/mol. The summed E-state index contributed by atoms with van der Waals surface area (Å²) in [4.78, 5) is 20.5. The van der Waals surface area contributed by atoms with Gasteiger partial charge in [-0.25, -0.2) is 14.8 Å². The van der Waals surface area contributed by atoms with E-state index in [1.165, 1.54) is 6.07 Å². The van der Waals surface area contributed by atoms with E-state index in [4.69, 9.17) is 0 Å². The van der Waals surface area contributed by atoms with Crippen molar-refractivity contribution in [2.45, 2.75) is 32.3 Å². The highest BCUT2D eigenvalue weighted by Crippen LogP contribution is 2.24. The van der Waals surface area contributed by atoms with Crippen LogP contribution in [0.1, 0.15) is 36.2 Å². The number of hydrogen-bond acceptors (Lipinski definition) is 4. The molecule has 0 saturated heterocycles. The maximum Gasteiger partial charge on any atom is 0.337 e. The lowest BCUT2D eigenvalue weighted by Crippen LogP contribution is -2.19. The van der Waals surface area contributed by atoms with Crippen molar-refractivity contribution in [2.24, 2.45) is 0 Å². The lowest BCUT2D eigenvalue weighted by molar-refractivity contribution is 0.0695. The Hall–Kier alpha value is -2.53. The zero-order chi connectivity index (χ0) is 16.6. The fraction of sp³-hybridized carbons (Fsp3) is 0.278. The molecule has 0 spiro atoms. The second kappa shape index (κ2) is 5.59. The largest absolute Gasteiger partial charge is 0.478 e. The van der Waals surface area contributed by atoms with Crippen molar-refractivity contribution in [1.82, 2.24) is 9.97 Å². The summed E-state index contributed by atoms with van der Waals surface area (Å²) >= 11 is 0. The Balaban J connectivity index is 2.19. The molecule has 0 atom stereocenters. The summed E-state index contributed by atoms with van der Waals surface area (Å²) in [6.45, 7) is 3.53. The van der Waals surface area contributed by atoms with Gasteiger partial charge < -0.3 is 10.2 Å². The highest BCUT2D eigenvalue weighted by molar-refractivity contribution is 6.02. The van der Waals surface area contributed by atoms with Gasteiger partial charge in [-0.1, -0.05) is 18.2 Å². The van der Waals surface area contributed by atoms with E-state index in [-0.39, 0.29) is 5.56 Å². The monoisotopic (exact) mass is 310 g/mol. The predicted octanol–water partition coefficient (Wildman–Crippen LogP) is 3.18. The molecule has 5 heteroatoms. The summed E-state index contributed by atoms with van der Waals surface area (Å²) in [6, 6.07) is 10.7. The minimum atomic E-state index is -1.02. The fourth-order valence-electron chi connectivity index (χ4n) is 2.59. The van der Waals surface area contributed by atoms with Crippen LogP contribution >= 0.6 is 0 Å². The molecule has 118 valence electrons. The van der Waals surface area contributed by atoms with E-state index in [2.05, 4.69) is 9.97 Å². The molecule has 23 heavy (non-hydrogen) atoms. The quantitative estimate of drug-likeness (QED) is 0.723. The summed E-state index contributed by atoms with van der Waals surface area (Å²) in [5.74, 6) is -1.02. The second-order valence-electron chi connectivity index (χ2n) is 6.30. The molecular formula is C18H18N2O3. The number of rotatable bonds is 4. The average Bonchev–Trinajstić information content (AvgIpc) is 2.49. The highest BCUT2D eigenvalue weighted by Gasteiger charge is 2.16. The molecule has 2 N–H and O–H groups in total. The van der Waals surface area contributed by atoms with E-state index in [1.54, 1.807) is 26.0 Å². The first-order chi connectivity index (χ1) is 10.8. The number of nitrogens with zero attached hydrogens (tertiary/aromatic N) is 2. The third kappa shape index (κ3) is 3.14. The van der Waals surface area contributed by atoms with Gasteiger partial charge in [-0.15, -0.1) is 0 Å². The van der Waals surface area contributed by atoms with Crippen molar-refractivity contribution < 1.29 is 15.0 Å². The number of carboxylic acids is 1. The van der Waals surface area contributed by atoms with Gasteiger partial charge in [0.1, 0.15) is 5.52 Å². The van der Waals surface area contributed by atoms with Gasteiger partial charge in [-0.05, 0) is 50.5 Å². The van der Waals surface area contributed by atoms with Crippen LogP contribution in [0.3, 0.4) is 0 Å². The van der Waals surface area contributed by atoms with E-state index in [0.29, 0.717) is 29.4 Å². The molecular weight excluding hydrogens is 292 g/mol. The molecule has 5 nitrogen and oxygen atoms in total. The van der Waals surface area contributed by atoms with Crippen molar-refractivity contribution >= 4 is 28.0 Å². The summed E-state index contributed by atoms with van der Waals surface area (Å²) in [5.41, 5.74) is 2.72. The highest BCUT2D eigenvalue weighted by atomic mass is 16.4. The van der Waals surface area contributed by atoms with E-state index >= 15 is 0 Å². The van der Waals surface area contributed by atoms with Crippen molar-refractivity contribution in [3.8, 4) is 0 Å². The molecule has 1 aromatic heterocycles. The van der Waals surface area contributed by atoms with Gasteiger partial charge >= 0.3 is 5.97 Å². The summed E-state index contributed by atoms with van der Waals surface area (Å²) in [7, 11) is 0. The maximum absolute atomic E-state index is 11.4. The Bertz CT molecular complexity index is 898. The van der Waals surface area contributed by atoms with E-state index in [1.807, 2.05) is 18.2 Å². The molecule has 0 radical (unpaired) electrons. The van der Waals surface area contributed by atoms with Crippen LogP contribution in [0.5, 0.6) is 0 Å². The molecule has 0 amide bonds. The fourth-order valence-corrected chi connectivity index (χ4v) is 2.59. The molecule has 0 aliphatic heterocycles. The van der Waals surface area contributed by atoms with Crippen LogP contribution in [0.2, 0.25) is 0 Å². The van der Waals surface area contributed by atoms with Crippen LogP contribution in [0.25, 0.3) is 22.1 Å². The van der Waals surface area contributed by atoms with Crippen molar-refractivity contribution in [3.63, 3.8) is 0 Å². The Morgan fingerprint density at radius 3 is 2.35 bits per heavy atom. The van der Waals surface area contributed by atoms with Crippen molar-refractivity contribution in [3.05, 3.63) is 47.5 Å². The molecule has 3 aromatic rings. The SMILES string of the molecule is CC(C)(O)CCc1cccc2nc3cccc(C(=O)O)c3nc12. The van der Waals surface area contributed by atoms with Crippen LogP contribution in [-0.4, -0.2) is 31.8 Å². The van der Waals surface area contributed by atoms with Gasteiger partial charge in [0.05, 0.1) is 27.7 Å². The van der Waals surface area contributed by atoms with Crippen LogP contribution in [0.4, 0.5) is 0 Å². The number of aryl methyl sites for hydroxylation is 1. The summed E-state index contributed by atoms with van der Waals surface area (Å²) in [5, 5.41) is 19.3. The van der Waals surface area contributed by atoms with Gasteiger partial charge in [0, 0.05) is 0 Å². The Morgan fingerprint density at radius 2 is 1.70 bits per heavy atom. The molecule has 3 rings (SSSR count). The van der Waals surface area contributed by atoms with E-state index < -0.39 is 11.6 Å². The summed E-state index contributed by atoms with van der Waals surface area (Å²) < 4.78 is 0. The molecule has 0 bridgehead atoms. The third-order valence-electron chi connectivity index (χ3n) is 3.81. The van der Waals surface area contributed by atoms with Crippen LogP contribution < -0.4 is 0 Å². The number of aliphatic hydroxyl groups is 1. The van der Waals surface area contributed by atoms with Crippen LogP contribution in [0, 0.1) is 0 Å². The number of para-hydroxylation sites is 2. The van der Waals surface area contributed by atoms with Gasteiger partial charge in [0.15, 0.2) is 0 Å². The first kappa shape index (κ1) is 15.4. The molecule has 1 heterocycles. The zero-order valence-electron chi connectivity index (χ0n) is 13.1. The Morgan fingerprint density at radius 1 is 1.04 bits per heavy atom. The number of carbonyl (C=O) groups is 1.